The molecule has 0 saturated carbocycles. The predicted octanol–water partition coefficient (Wildman–Crippen LogP) is 4.02. The van der Waals surface area contributed by atoms with Gasteiger partial charge < -0.3 is 20.1 Å². The van der Waals surface area contributed by atoms with E-state index in [0.717, 1.165) is 10.9 Å². The van der Waals surface area contributed by atoms with E-state index in [1.165, 1.54) is 18.2 Å². The maximum absolute atomic E-state index is 14.5. The molecule has 31 heavy (non-hydrogen) atoms. The van der Waals surface area contributed by atoms with Crippen molar-refractivity contribution in [2.45, 2.75) is 26.8 Å². The molecule has 0 unspecified atom stereocenters. The second-order valence-corrected chi connectivity index (χ2v) is 8.26. The Morgan fingerprint density at radius 3 is 2.77 bits per heavy atom. The number of fused-ring (bicyclic) bond motifs is 1. The zero-order valence-electron chi connectivity index (χ0n) is 17.7. The number of alkyl carbamates (subject to hydrolysis) is 1. The molecule has 4 rings (SSSR count). The lowest BCUT2D eigenvalue weighted by molar-refractivity contribution is 0.127. The molecule has 3 aromatic rings. The number of halogens is 1. The monoisotopic (exact) mass is 424 g/mol. The number of amides is 1. The lowest BCUT2D eigenvalue weighted by Crippen LogP contribution is -2.59. The van der Waals surface area contributed by atoms with Crippen LogP contribution >= 0.6 is 0 Å². The Balaban J connectivity index is 1.62. The first kappa shape index (κ1) is 20.8. The van der Waals surface area contributed by atoms with Crippen molar-refractivity contribution in [2.75, 3.05) is 24.6 Å². The second-order valence-electron chi connectivity index (χ2n) is 8.26. The van der Waals surface area contributed by atoms with Gasteiger partial charge in [-0.15, -0.1) is 0 Å². The van der Waals surface area contributed by atoms with Crippen LogP contribution in [0.4, 0.5) is 15.0 Å². The van der Waals surface area contributed by atoms with Crippen molar-refractivity contribution in [3.05, 3.63) is 47.8 Å². The molecule has 0 spiro atoms. The highest BCUT2D eigenvalue weighted by Crippen LogP contribution is 2.34. The SMILES string of the molecule is Cc1ccc2c(N3CC(NC(=O)OCC(C)C)C3)nc(-c3c(O)cccc3F)nc2c1. The minimum Gasteiger partial charge on any atom is -0.507 e. The maximum Gasteiger partial charge on any atom is 0.407 e. The summed E-state index contributed by atoms with van der Waals surface area (Å²) in [5.41, 5.74) is 1.65. The Labute approximate surface area is 179 Å². The number of anilines is 1. The minimum absolute atomic E-state index is 0.0281. The van der Waals surface area contributed by atoms with E-state index in [0.29, 0.717) is 31.0 Å². The van der Waals surface area contributed by atoms with Crippen LogP contribution in [0.5, 0.6) is 5.75 Å². The third kappa shape index (κ3) is 4.38. The lowest BCUT2D eigenvalue weighted by atomic mass is 10.1. The molecule has 1 fully saturated rings. The molecule has 1 saturated heterocycles. The van der Waals surface area contributed by atoms with Gasteiger partial charge in [-0.2, -0.15) is 0 Å². The molecule has 0 aliphatic carbocycles. The molecule has 2 aromatic carbocycles. The number of carbonyl (C=O) groups is 1. The summed E-state index contributed by atoms with van der Waals surface area (Å²) in [6, 6.07) is 9.85. The van der Waals surface area contributed by atoms with E-state index in [4.69, 9.17) is 4.74 Å². The molecule has 1 aliphatic rings. The van der Waals surface area contributed by atoms with Crippen molar-refractivity contribution in [3.63, 3.8) is 0 Å². The van der Waals surface area contributed by atoms with E-state index in [2.05, 4.69) is 15.3 Å². The highest BCUT2D eigenvalue weighted by atomic mass is 19.1. The number of hydrogen-bond donors (Lipinski definition) is 2. The third-order valence-electron chi connectivity index (χ3n) is 5.10. The Bertz CT molecular complexity index is 1110. The van der Waals surface area contributed by atoms with Crippen LogP contribution < -0.4 is 10.2 Å². The van der Waals surface area contributed by atoms with Crippen LogP contribution in [-0.2, 0) is 4.74 Å². The molecular weight excluding hydrogens is 399 g/mol. The number of nitrogens with zero attached hydrogens (tertiary/aromatic N) is 3. The number of nitrogens with one attached hydrogen (secondary N) is 1. The Hall–Kier alpha value is -3.42. The average molecular weight is 424 g/mol. The summed E-state index contributed by atoms with van der Waals surface area (Å²) in [6.45, 7) is 7.36. The first-order valence-corrected chi connectivity index (χ1v) is 10.3. The molecule has 7 nitrogen and oxygen atoms in total. The number of aromatic hydroxyl groups is 1. The van der Waals surface area contributed by atoms with Crippen molar-refractivity contribution in [1.29, 1.82) is 0 Å². The van der Waals surface area contributed by atoms with E-state index in [-0.39, 0.29) is 29.1 Å². The van der Waals surface area contributed by atoms with Gasteiger partial charge in [0, 0.05) is 18.5 Å². The van der Waals surface area contributed by atoms with E-state index in [9.17, 15) is 14.3 Å². The zero-order chi connectivity index (χ0) is 22.1. The molecular formula is C23H25FN4O3. The largest absolute Gasteiger partial charge is 0.507 e. The van der Waals surface area contributed by atoms with Crippen LogP contribution in [0.15, 0.2) is 36.4 Å². The van der Waals surface area contributed by atoms with Gasteiger partial charge in [0.05, 0.1) is 23.7 Å². The summed E-state index contributed by atoms with van der Waals surface area (Å²) in [6.07, 6.45) is -0.432. The predicted molar refractivity (Wildman–Crippen MR) is 117 cm³/mol. The molecule has 1 aromatic heterocycles. The molecule has 8 heteroatoms. The van der Waals surface area contributed by atoms with Crippen molar-refractivity contribution < 1.29 is 19.0 Å². The van der Waals surface area contributed by atoms with Crippen LogP contribution in [0, 0.1) is 18.7 Å². The fraction of sp³-hybridized carbons (Fsp3) is 0.348. The standard InChI is InChI=1S/C23H25FN4O3/c1-13(2)12-31-23(30)25-15-10-28(11-15)22-16-8-7-14(3)9-18(16)26-21(27-22)20-17(24)5-4-6-19(20)29/h4-9,13,15,29H,10-12H2,1-3H3,(H,25,30). The number of phenols is 1. The van der Waals surface area contributed by atoms with Crippen LogP contribution in [0.25, 0.3) is 22.3 Å². The van der Waals surface area contributed by atoms with Crippen molar-refractivity contribution in [3.8, 4) is 17.1 Å². The van der Waals surface area contributed by atoms with Gasteiger partial charge >= 0.3 is 6.09 Å². The summed E-state index contributed by atoms with van der Waals surface area (Å²) in [5.74, 6) is 0.225. The van der Waals surface area contributed by atoms with Gasteiger partial charge in [0.2, 0.25) is 0 Å². The fourth-order valence-electron chi connectivity index (χ4n) is 3.50. The van der Waals surface area contributed by atoms with Gasteiger partial charge in [0.25, 0.3) is 0 Å². The number of carbonyl (C=O) groups excluding carboxylic acids is 1. The first-order valence-electron chi connectivity index (χ1n) is 10.3. The fourth-order valence-corrected chi connectivity index (χ4v) is 3.50. The normalized spacial score (nSPS) is 14.0. The number of phenolic OH excluding ortho intramolecular Hbond substituents is 1. The van der Waals surface area contributed by atoms with Crippen molar-refractivity contribution in [1.82, 2.24) is 15.3 Å². The molecule has 0 bridgehead atoms. The summed E-state index contributed by atoms with van der Waals surface area (Å²) in [7, 11) is 0. The van der Waals surface area contributed by atoms with Gasteiger partial charge in [0.15, 0.2) is 5.82 Å². The molecule has 0 radical (unpaired) electrons. The maximum atomic E-state index is 14.5. The zero-order valence-corrected chi connectivity index (χ0v) is 17.7. The Kier molecular flexibility index (Phi) is 5.63. The van der Waals surface area contributed by atoms with E-state index in [1.54, 1.807) is 0 Å². The second kappa shape index (κ2) is 8.37. The summed E-state index contributed by atoms with van der Waals surface area (Å²) in [4.78, 5) is 23.0. The van der Waals surface area contributed by atoms with E-state index in [1.807, 2.05) is 43.9 Å². The highest BCUT2D eigenvalue weighted by molar-refractivity contribution is 5.92. The summed E-state index contributed by atoms with van der Waals surface area (Å²) < 4.78 is 19.6. The average Bonchev–Trinajstić information content (AvgIpc) is 2.68. The van der Waals surface area contributed by atoms with Gasteiger partial charge in [-0.1, -0.05) is 26.0 Å². The molecule has 1 amide bonds. The molecule has 2 heterocycles. The number of ether oxygens (including phenoxy) is 1. The molecule has 162 valence electrons. The van der Waals surface area contributed by atoms with Crippen LogP contribution in [0.2, 0.25) is 0 Å². The summed E-state index contributed by atoms with van der Waals surface area (Å²) in [5, 5.41) is 13.9. The highest BCUT2D eigenvalue weighted by Gasteiger charge is 2.31. The number of benzene rings is 2. The van der Waals surface area contributed by atoms with E-state index >= 15 is 0 Å². The third-order valence-corrected chi connectivity index (χ3v) is 5.10. The van der Waals surface area contributed by atoms with Gasteiger partial charge in [-0.3, -0.25) is 0 Å². The summed E-state index contributed by atoms with van der Waals surface area (Å²) >= 11 is 0. The van der Waals surface area contributed by atoms with Gasteiger partial charge in [-0.25, -0.2) is 19.2 Å². The molecule has 1 aliphatic heterocycles. The quantitative estimate of drug-likeness (QED) is 0.643. The lowest BCUT2D eigenvalue weighted by Gasteiger charge is -2.40. The van der Waals surface area contributed by atoms with Crippen molar-refractivity contribution in [2.24, 2.45) is 5.92 Å². The number of rotatable bonds is 5. The van der Waals surface area contributed by atoms with E-state index < -0.39 is 11.9 Å². The van der Waals surface area contributed by atoms with Crippen LogP contribution in [0.1, 0.15) is 19.4 Å². The van der Waals surface area contributed by atoms with Crippen LogP contribution in [0.3, 0.4) is 0 Å². The smallest absolute Gasteiger partial charge is 0.407 e. The molecule has 2 N–H and O–H groups in total. The topological polar surface area (TPSA) is 87.6 Å². The van der Waals surface area contributed by atoms with Crippen molar-refractivity contribution >= 4 is 22.8 Å². The minimum atomic E-state index is -0.589. The first-order chi connectivity index (χ1) is 14.8. The number of hydrogen-bond acceptors (Lipinski definition) is 6. The Morgan fingerprint density at radius 1 is 1.29 bits per heavy atom. The van der Waals surface area contributed by atoms with Gasteiger partial charge in [0.1, 0.15) is 17.4 Å². The number of aromatic nitrogens is 2. The number of aryl methyl sites for hydroxylation is 1. The Morgan fingerprint density at radius 2 is 2.06 bits per heavy atom. The van der Waals surface area contributed by atoms with Crippen LogP contribution in [-0.4, -0.2) is 46.9 Å². The molecule has 0 atom stereocenters. The van der Waals surface area contributed by atoms with Gasteiger partial charge in [-0.05, 0) is 42.7 Å².